The van der Waals surface area contributed by atoms with Crippen LogP contribution in [-0.2, 0) is 10.0 Å². The van der Waals surface area contributed by atoms with Crippen molar-refractivity contribution in [1.29, 1.82) is 0 Å². The minimum atomic E-state index is -3.94. The Labute approximate surface area is 115 Å². The van der Waals surface area contributed by atoms with Crippen molar-refractivity contribution in [3.63, 3.8) is 0 Å². The smallest absolute Gasteiger partial charge is 0.265 e. The summed E-state index contributed by atoms with van der Waals surface area (Å²) in [6.07, 6.45) is 1.46. The topological polar surface area (TPSA) is 85.1 Å². The molecule has 18 heavy (non-hydrogen) atoms. The predicted octanol–water partition coefficient (Wildman–Crippen LogP) is 2.43. The summed E-state index contributed by atoms with van der Waals surface area (Å²) in [5.74, 6) is -0.779. The molecule has 5 nitrogen and oxygen atoms in total. The number of sulfonamides is 1. The quantitative estimate of drug-likeness (QED) is 0.831. The zero-order chi connectivity index (χ0) is 13.3. The van der Waals surface area contributed by atoms with Gasteiger partial charge in [0.1, 0.15) is 10.7 Å². The second-order valence-electron chi connectivity index (χ2n) is 3.23. The van der Waals surface area contributed by atoms with Crippen molar-refractivity contribution >= 4 is 48.1 Å². The van der Waals surface area contributed by atoms with Gasteiger partial charge in [0, 0.05) is 0 Å². The lowest BCUT2D eigenvalue weighted by Crippen LogP contribution is -2.15. The predicted molar refractivity (Wildman–Crippen MR) is 71.4 cm³/mol. The number of anilines is 2. The molecule has 0 radical (unpaired) electrons. The van der Waals surface area contributed by atoms with Crippen LogP contribution in [0.5, 0.6) is 0 Å². The van der Waals surface area contributed by atoms with Crippen LogP contribution in [0.3, 0.4) is 0 Å². The molecule has 2 rings (SSSR count). The van der Waals surface area contributed by atoms with Gasteiger partial charge in [0.05, 0.1) is 15.7 Å². The highest BCUT2D eigenvalue weighted by Crippen LogP contribution is 2.27. The van der Waals surface area contributed by atoms with E-state index >= 15 is 0 Å². The molecular formula is C9H7BrFN3O2S2. The molecule has 0 spiro atoms. The van der Waals surface area contributed by atoms with Crippen LogP contribution in [0.25, 0.3) is 0 Å². The minimum absolute atomic E-state index is 0.172. The second-order valence-corrected chi connectivity index (χ2v) is 7.29. The van der Waals surface area contributed by atoms with Crippen LogP contribution in [0, 0.1) is 5.82 Å². The maximum atomic E-state index is 13.2. The van der Waals surface area contributed by atoms with Gasteiger partial charge in [-0.1, -0.05) is 17.4 Å². The molecule has 96 valence electrons. The highest BCUT2D eigenvalue weighted by Gasteiger charge is 2.20. The Morgan fingerprint density at radius 1 is 1.44 bits per heavy atom. The van der Waals surface area contributed by atoms with Gasteiger partial charge in [-0.15, -0.1) is 0 Å². The van der Waals surface area contributed by atoms with E-state index in [-0.39, 0.29) is 10.0 Å². The molecule has 2 aromatic rings. The molecule has 3 N–H and O–H groups in total. The van der Waals surface area contributed by atoms with Gasteiger partial charge in [0.25, 0.3) is 10.0 Å². The molecule has 9 heteroatoms. The van der Waals surface area contributed by atoms with Crippen LogP contribution in [0.1, 0.15) is 0 Å². The standard InChI is InChI=1S/C9H7BrFN3O2S2/c10-7-4-13-9(17-7)14-18(15,16)6-3-1-2-5(11)8(6)12/h1-4H,12H2,(H,13,14). The van der Waals surface area contributed by atoms with Crippen molar-refractivity contribution in [1.82, 2.24) is 4.98 Å². The fourth-order valence-electron chi connectivity index (χ4n) is 1.22. The van der Waals surface area contributed by atoms with E-state index in [1.807, 2.05) is 0 Å². The molecule has 0 saturated carbocycles. The molecule has 0 fully saturated rings. The Morgan fingerprint density at radius 2 is 2.17 bits per heavy atom. The highest BCUT2D eigenvalue weighted by molar-refractivity contribution is 9.11. The Hall–Kier alpha value is -1.19. The number of nitrogens with zero attached hydrogens (tertiary/aromatic N) is 1. The van der Waals surface area contributed by atoms with E-state index in [9.17, 15) is 12.8 Å². The van der Waals surface area contributed by atoms with Gasteiger partial charge in [0.15, 0.2) is 5.13 Å². The number of aromatic nitrogens is 1. The number of rotatable bonds is 3. The van der Waals surface area contributed by atoms with Gasteiger partial charge in [-0.3, -0.25) is 4.72 Å². The monoisotopic (exact) mass is 351 g/mol. The SMILES string of the molecule is Nc1c(F)cccc1S(=O)(=O)Nc1ncc(Br)s1. The Bertz CT molecular complexity index is 687. The molecule has 0 aliphatic heterocycles. The van der Waals surface area contributed by atoms with Crippen molar-refractivity contribution in [3.8, 4) is 0 Å². The summed E-state index contributed by atoms with van der Waals surface area (Å²) in [7, 11) is -3.94. The Balaban J connectivity index is 2.40. The molecule has 0 aliphatic carbocycles. The van der Waals surface area contributed by atoms with E-state index in [1.165, 1.54) is 18.3 Å². The number of nitrogen functional groups attached to an aromatic ring is 1. The van der Waals surface area contributed by atoms with E-state index in [0.717, 1.165) is 17.4 Å². The molecule has 0 unspecified atom stereocenters. The van der Waals surface area contributed by atoms with E-state index in [4.69, 9.17) is 5.73 Å². The second kappa shape index (κ2) is 4.82. The number of nitrogens with two attached hydrogens (primary N) is 1. The lowest BCUT2D eigenvalue weighted by Gasteiger charge is -2.08. The summed E-state index contributed by atoms with van der Waals surface area (Å²) >= 11 is 4.26. The van der Waals surface area contributed by atoms with Crippen LogP contribution in [0.15, 0.2) is 33.1 Å². The van der Waals surface area contributed by atoms with Gasteiger partial charge >= 0.3 is 0 Å². The summed E-state index contributed by atoms with van der Waals surface area (Å²) < 4.78 is 40.1. The molecule has 0 saturated heterocycles. The Morgan fingerprint density at radius 3 is 2.78 bits per heavy atom. The summed E-state index contributed by atoms with van der Waals surface area (Å²) in [6, 6.07) is 3.59. The van der Waals surface area contributed by atoms with E-state index in [1.54, 1.807) is 0 Å². The largest absolute Gasteiger partial charge is 0.395 e. The zero-order valence-corrected chi connectivity index (χ0v) is 11.9. The lowest BCUT2D eigenvalue weighted by atomic mass is 10.3. The maximum Gasteiger partial charge on any atom is 0.265 e. The molecule has 1 aromatic carbocycles. The highest BCUT2D eigenvalue weighted by atomic mass is 79.9. The van der Waals surface area contributed by atoms with Crippen molar-refractivity contribution in [2.45, 2.75) is 4.90 Å². The van der Waals surface area contributed by atoms with E-state index < -0.39 is 21.5 Å². The Kier molecular flexibility index (Phi) is 3.55. The third-order valence-electron chi connectivity index (χ3n) is 2.00. The molecular weight excluding hydrogens is 345 g/mol. The average molecular weight is 352 g/mol. The first-order valence-corrected chi connectivity index (χ1v) is 7.67. The van der Waals surface area contributed by atoms with Gasteiger partial charge in [-0.05, 0) is 28.1 Å². The van der Waals surface area contributed by atoms with Crippen LogP contribution >= 0.6 is 27.3 Å². The van der Waals surface area contributed by atoms with Crippen LogP contribution in [0.2, 0.25) is 0 Å². The number of para-hydroxylation sites is 1. The van der Waals surface area contributed by atoms with Crippen molar-refractivity contribution in [2.75, 3.05) is 10.5 Å². The third kappa shape index (κ3) is 2.62. The van der Waals surface area contributed by atoms with Gasteiger partial charge in [0.2, 0.25) is 0 Å². The summed E-state index contributed by atoms with van der Waals surface area (Å²) in [5.41, 5.74) is 4.99. The summed E-state index contributed by atoms with van der Waals surface area (Å²) in [6.45, 7) is 0. The summed E-state index contributed by atoms with van der Waals surface area (Å²) in [4.78, 5) is 3.51. The molecule has 1 aromatic heterocycles. The fraction of sp³-hybridized carbons (Fsp3) is 0. The minimum Gasteiger partial charge on any atom is -0.395 e. The van der Waals surface area contributed by atoms with Crippen LogP contribution in [-0.4, -0.2) is 13.4 Å². The molecule has 0 bridgehead atoms. The van der Waals surface area contributed by atoms with Gasteiger partial charge in [-0.25, -0.2) is 17.8 Å². The van der Waals surface area contributed by atoms with E-state index in [2.05, 4.69) is 25.6 Å². The molecule has 0 amide bonds. The first-order valence-electron chi connectivity index (χ1n) is 4.58. The maximum absolute atomic E-state index is 13.2. The lowest BCUT2D eigenvalue weighted by molar-refractivity contribution is 0.597. The number of nitrogens with one attached hydrogen (secondary N) is 1. The number of hydrogen-bond donors (Lipinski definition) is 2. The fourth-order valence-corrected chi connectivity index (χ4v) is 3.71. The zero-order valence-electron chi connectivity index (χ0n) is 8.72. The average Bonchev–Trinajstić information content (AvgIpc) is 2.67. The van der Waals surface area contributed by atoms with Crippen molar-refractivity contribution < 1.29 is 12.8 Å². The van der Waals surface area contributed by atoms with Crippen LogP contribution in [0.4, 0.5) is 15.2 Å². The van der Waals surface area contributed by atoms with Crippen molar-refractivity contribution in [3.05, 3.63) is 34.0 Å². The normalized spacial score (nSPS) is 11.4. The molecule has 0 aliphatic rings. The first-order chi connectivity index (χ1) is 8.40. The number of benzene rings is 1. The number of halogens is 2. The third-order valence-corrected chi connectivity index (χ3v) is 4.92. The summed E-state index contributed by atoms with van der Waals surface area (Å²) in [5, 5.41) is 0.172. The van der Waals surface area contributed by atoms with Gasteiger partial charge in [-0.2, -0.15) is 0 Å². The van der Waals surface area contributed by atoms with Gasteiger partial charge < -0.3 is 5.73 Å². The first kappa shape index (κ1) is 13.2. The van der Waals surface area contributed by atoms with Crippen LogP contribution < -0.4 is 10.5 Å². The van der Waals surface area contributed by atoms with Crippen molar-refractivity contribution in [2.24, 2.45) is 0 Å². The number of hydrogen-bond acceptors (Lipinski definition) is 5. The van der Waals surface area contributed by atoms with E-state index in [0.29, 0.717) is 3.79 Å². The molecule has 0 atom stereocenters. The number of thiazole rings is 1. The molecule has 1 heterocycles.